The van der Waals surface area contributed by atoms with E-state index < -0.39 is 0 Å². The van der Waals surface area contributed by atoms with Crippen LogP contribution in [0.5, 0.6) is 0 Å². The van der Waals surface area contributed by atoms with Gasteiger partial charge in [0.1, 0.15) is 0 Å². The third kappa shape index (κ3) is 3.32. The Morgan fingerprint density at radius 3 is 2.73 bits per heavy atom. The molecule has 2 aromatic carbocycles. The van der Waals surface area contributed by atoms with E-state index in [1.807, 2.05) is 49.4 Å². The SMILES string of the molecule is Cc1nc(Nc2ccc3cn[nH]c3c2)[nH]c(=O)c1Cc1ccc(Cl)cc1. The summed E-state index contributed by atoms with van der Waals surface area (Å²) in [4.78, 5) is 19.8. The van der Waals surface area contributed by atoms with Gasteiger partial charge in [0, 0.05) is 28.1 Å². The van der Waals surface area contributed by atoms with Crippen LogP contribution in [0.2, 0.25) is 5.02 Å². The largest absolute Gasteiger partial charge is 0.326 e. The third-order valence-corrected chi connectivity index (χ3v) is 4.47. The molecule has 6 nitrogen and oxygen atoms in total. The predicted octanol–water partition coefficient (Wildman–Crippen LogP) is 3.94. The van der Waals surface area contributed by atoms with E-state index in [4.69, 9.17) is 11.6 Å². The summed E-state index contributed by atoms with van der Waals surface area (Å²) in [5.41, 5.74) is 3.91. The van der Waals surface area contributed by atoms with E-state index in [1.54, 1.807) is 6.20 Å². The fourth-order valence-electron chi connectivity index (χ4n) is 2.84. The second kappa shape index (κ2) is 6.65. The average molecular weight is 366 g/mol. The lowest BCUT2D eigenvalue weighted by molar-refractivity contribution is 0.986. The molecule has 0 aliphatic rings. The molecule has 0 amide bonds. The summed E-state index contributed by atoms with van der Waals surface area (Å²) in [6, 6.07) is 13.2. The summed E-state index contributed by atoms with van der Waals surface area (Å²) in [5.74, 6) is 0.409. The zero-order valence-corrected chi connectivity index (χ0v) is 14.8. The summed E-state index contributed by atoms with van der Waals surface area (Å²) in [6.07, 6.45) is 2.26. The molecule has 26 heavy (non-hydrogen) atoms. The highest BCUT2D eigenvalue weighted by molar-refractivity contribution is 6.30. The molecule has 4 aromatic rings. The third-order valence-electron chi connectivity index (χ3n) is 4.22. The van der Waals surface area contributed by atoms with Crippen LogP contribution in [0.15, 0.2) is 53.5 Å². The number of aromatic nitrogens is 4. The second-order valence-electron chi connectivity index (χ2n) is 6.08. The summed E-state index contributed by atoms with van der Waals surface area (Å²) in [7, 11) is 0. The molecule has 4 rings (SSSR count). The van der Waals surface area contributed by atoms with Crippen LogP contribution >= 0.6 is 11.6 Å². The maximum atomic E-state index is 12.5. The molecule has 0 bridgehead atoms. The zero-order chi connectivity index (χ0) is 18.1. The summed E-state index contributed by atoms with van der Waals surface area (Å²) in [5, 5.41) is 11.7. The van der Waals surface area contributed by atoms with Crippen molar-refractivity contribution in [3.8, 4) is 0 Å². The van der Waals surface area contributed by atoms with Gasteiger partial charge in [0.15, 0.2) is 0 Å². The van der Waals surface area contributed by atoms with Crippen molar-refractivity contribution in [2.75, 3.05) is 5.32 Å². The minimum absolute atomic E-state index is 0.155. The highest BCUT2D eigenvalue weighted by Crippen LogP contribution is 2.19. The van der Waals surface area contributed by atoms with Gasteiger partial charge < -0.3 is 5.32 Å². The maximum absolute atomic E-state index is 12.5. The van der Waals surface area contributed by atoms with Gasteiger partial charge in [-0.15, -0.1) is 0 Å². The first-order valence-electron chi connectivity index (χ1n) is 8.13. The Morgan fingerprint density at radius 2 is 1.96 bits per heavy atom. The molecule has 3 N–H and O–H groups in total. The number of aromatic amines is 2. The quantitative estimate of drug-likeness (QED) is 0.511. The standard InChI is InChI=1S/C19H16ClN5O/c1-11-16(8-12-2-5-14(20)6-3-12)18(26)24-19(22-11)23-15-7-4-13-10-21-25-17(13)9-15/h2-7,9-10H,8H2,1H3,(H,21,25)(H2,22,23,24,26). The molecule has 0 fully saturated rings. The monoisotopic (exact) mass is 365 g/mol. The number of H-pyrrole nitrogens is 2. The number of hydrogen-bond donors (Lipinski definition) is 3. The van der Waals surface area contributed by atoms with Gasteiger partial charge in [-0.25, -0.2) is 4.98 Å². The Kier molecular flexibility index (Phi) is 4.18. The van der Waals surface area contributed by atoms with Crippen LogP contribution in [0, 0.1) is 6.92 Å². The number of anilines is 2. The van der Waals surface area contributed by atoms with Crippen LogP contribution in [0.4, 0.5) is 11.6 Å². The van der Waals surface area contributed by atoms with E-state index >= 15 is 0 Å². The maximum Gasteiger partial charge on any atom is 0.256 e. The second-order valence-corrected chi connectivity index (χ2v) is 6.52. The minimum atomic E-state index is -0.155. The normalized spacial score (nSPS) is 11.0. The van der Waals surface area contributed by atoms with Crippen LogP contribution in [-0.4, -0.2) is 20.2 Å². The fourth-order valence-corrected chi connectivity index (χ4v) is 2.96. The van der Waals surface area contributed by atoms with E-state index in [0.717, 1.165) is 22.2 Å². The molecular weight excluding hydrogens is 350 g/mol. The number of nitrogens with zero attached hydrogens (tertiary/aromatic N) is 2. The van der Waals surface area contributed by atoms with Gasteiger partial charge in [0.05, 0.1) is 17.4 Å². The predicted molar refractivity (Wildman–Crippen MR) is 103 cm³/mol. The fraction of sp³-hybridized carbons (Fsp3) is 0.105. The number of fused-ring (bicyclic) bond motifs is 1. The molecule has 0 radical (unpaired) electrons. The number of nitrogens with one attached hydrogen (secondary N) is 3. The Hall–Kier alpha value is -3.12. The first-order valence-corrected chi connectivity index (χ1v) is 8.51. The van der Waals surface area contributed by atoms with Gasteiger partial charge in [0.2, 0.25) is 5.95 Å². The Labute approximate surface area is 154 Å². The number of rotatable bonds is 4. The Morgan fingerprint density at radius 1 is 1.15 bits per heavy atom. The van der Waals surface area contributed by atoms with Crippen molar-refractivity contribution in [2.24, 2.45) is 0 Å². The highest BCUT2D eigenvalue weighted by atomic mass is 35.5. The molecule has 0 unspecified atom stereocenters. The van der Waals surface area contributed by atoms with Crippen LogP contribution < -0.4 is 10.9 Å². The lowest BCUT2D eigenvalue weighted by atomic mass is 10.1. The molecule has 130 valence electrons. The van der Waals surface area contributed by atoms with Gasteiger partial charge >= 0.3 is 0 Å². The molecule has 0 aliphatic carbocycles. The van der Waals surface area contributed by atoms with E-state index in [9.17, 15) is 4.79 Å². The first-order chi connectivity index (χ1) is 12.6. The molecule has 0 atom stereocenters. The number of aryl methyl sites for hydroxylation is 1. The average Bonchev–Trinajstić information content (AvgIpc) is 3.07. The Bertz CT molecular complexity index is 1130. The van der Waals surface area contributed by atoms with Gasteiger partial charge in [0.25, 0.3) is 5.56 Å². The molecular formula is C19H16ClN5O. The van der Waals surface area contributed by atoms with E-state index in [2.05, 4.69) is 25.5 Å². The van der Waals surface area contributed by atoms with Crippen molar-refractivity contribution in [1.29, 1.82) is 0 Å². The molecule has 0 spiro atoms. The highest BCUT2D eigenvalue weighted by Gasteiger charge is 2.10. The number of benzene rings is 2. The minimum Gasteiger partial charge on any atom is -0.326 e. The van der Waals surface area contributed by atoms with E-state index in [1.165, 1.54) is 0 Å². The molecule has 0 saturated heterocycles. The summed E-state index contributed by atoms with van der Waals surface area (Å²) < 4.78 is 0. The van der Waals surface area contributed by atoms with Crippen molar-refractivity contribution in [1.82, 2.24) is 20.2 Å². The molecule has 7 heteroatoms. The van der Waals surface area contributed by atoms with Crippen LogP contribution in [0.25, 0.3) is 10.9 Å². The lowest BCUT2D eigenvalue weighted by Crippen LogP contribution is -2.18. The van der Waals surface area contributed by atoms with Crippen LogP contribution in [-0.2, 0) is 6.42 Å². The van der Waals surface area contributed by atoms with Gasteiger partial charge in [-0.3, -0.25) is 14.9 Å². The van der Waals surface area contributed by atoms with Crippen molar-refractivity contribution < 1.29 is 0 Å². The zero-order valence-electron chi connectivity index (χ0n) is 14.0. The van der Waals surface area contributed by atoms with Crippen molar-refractivity contribution in [3.05, 3.63) is 80.9 Å². The molecule has 0 aliphatic heterocycles. The lowest BCUT2D eigenvalue weighted by Gasteiger charge is -2.09. The van der Waals surface area contributed by atoms with E-state index in [0.29, 0.717) is 28.6 Å². The number of hydrogen-bond acceptors (Lipinski definition) is 4. The van der Waals surface area contributed by atoms with Crippen molar-refractivity contribution >= 4 is 34.1 Å². The van der Waals surface area contributed by atoms with Gasteiger partial charge in [-0.1, -0.05) is 23.7 Å². The van der Waals surface area contributed by atoms with Crippen molar-refractivity contribution in [3.63, 3.8) is 0 Å². The topological polar surface area (TPSA) is 86.5 Å². The Balaban J connectivity index is 1.60. The first kappa shape index (κ1) is 16.4. The number of halogens is 1. The van der Waals surface area contributed by atoms with Crippen LogP contribution in [0.3, 0.4) is 0 Å². The molecule has 0 saturated carbocycles. The van der Waals surface area contributed by atoms with Gasteiger partial charge in [-0.2, -0.15) is 5.10 Å². The molecule has 2 aromatic heterocycles. The van der Waals surface area contributed by atoms with Gasteiger partial charge in [-0.05, 0) is 42.8 Å². The van der Waals surface area contributed by atoms with Crippen molar-refractivity contribution in [2.45, 2.75) is 13.3 Å². The smallest absolute Gasteiger partial charge is 0.256 e. The van der Waals surface area contributed by atoms with E-state index in [-0.39, 0.29) is 5.56 Å². The summed E-state index contributed by atoms with van der Waals surface area (Å²) >= 11 is 5.91. The van der Waals surface area contributed by atoms with Crippen LogP contribution in [0.1, 0.15) is 16.8 Å². The summed E-state index contributed by atoms with van der Waals surface area (Å²) in [6.45, 7) is 1.84. The molecule has 2 heterocycles.